The molecule has 0 unspecified atom stereocenters. The molecule has 80 valence electrons. The van der Waals surface area contributed by atoms with Gasteiger partial charge in [0.05, 0.1) is 8.67 Å². The number of hydrogen-bond acceptors (Lipinski definition) is 3. The number of nitrogens with zero attached hydrogens (tertiary/aromatic N) is 1. The topological polar surface area (TPSA) is 15.3 Å². The van der Waals surface area contributed by atoms with E-state index in [0.29, 0.717) is 0 Å². The van der Waals surface area contributed by atoms with Crippen molar-refractivity contribution in [3.63, 3.8) is 0 Å². The van der Waals surface area contributed by atoms with Crippen molar-refractivity contribution >= 4 is 34.5 Å². The van der Waals surface area contributed by atoms with Gasteiger partial charge in [-0.05, 0) is 25.7 Å². The van der Waals surface area contributed by atoms with Crippen molar-refractivity contribution in [1.82, 2.24) is 10.2 Å². The molecular formula is C9H14Cl2N2S. The van der Waals surface area contributed by atoms with Gasteiger partial charge in [-0.3, -0.25) is 0 Å². The van der Waals surface area contributed by atoms with Crippen LogP contribution in [0.2, 0.25) is 8.67 Å². The fraction of sp³-hybridized carbons (Fsp3) is 0.556. The van der Waals surface area contributed by atoms with Crippen molar-refractivity contribution < 1.29 is 0 Å². The minimum absolute atomic E-state index is 0.756. The third kappa shape index (κ3) is 3.75. The Labute approximate surface area is 98.8 Å². The molecule has 1 aromatic rings. The summed E-state index contributed by atoms with van der Waals surface area (Å²) in [4.78, 5) is 2.21. The Hall–Kier alpha value is 0.200. The molecule has 0 aromatic carbocycles. The number of rotatable bonds is 5. The van der Waals surface area contributed by atoms with Crippen molar-refractivity contribution in [3.05, 3.63) is 20.3 Å². The van der Waals surface area contributed by atoms with Crippen molar-refractivity contribution in [2.24, 2.45) is 0 Å². The molecule has 0 radical (unpaired) electrons. The molecule has 0 bridgehead atoms. The molecule has 0 aliphatic carbocycles. The molecule has 2 nitrogen and oxygen atoms in total. The molecule has 0 atom stereocenters. The maximum absolute atomic E-state index is 6.01. The van der Waals surface area contributed by atoms with Gasteiger partial charge in [0.15, 0.2) is 0 Å². The molecule has 1 aromatic heterocycles. The first-order valence-electron chi connectivity index (χ1n) is 4.40. The quantitative estimate of drug-likeness (QED) is 0.868. The lowest BCUT2D eigenvalue weighted by molar-refractivity contribution is 0.328. The Bertz CT molecular complexity index is 288. The number of halogens is 2. The molecule has 0 amide bonds. The van der Waals surface area contributed by atoms with Gasteiger partial charge in [0.1, 0.15) is 0 Å². The van der Waals surface area contributed by atoms with Gasteiger partial charge >= 0.3 is 0 Å². The summed E-state index contributed by atoms with van der Waals surface area (Å²) in [5, 5.41) is 3.11. The largest absolute Gasteiger partial charge is 0.318 e. The Morgan fingerprint density at radius 1 is 1.50 bits per heavy atom. The Morgan fingerprint density at radius 2 is 2.21 bits per heavy atom. The maximum atomic E-state index is 6.01. The fourth-order valence-electron chi connectivity index (χ4n) is 1.15. The highest BCUT2D eigenvalue weighted by molar-refractivity contribution is 7.20. The minimum atomic E-state index is 0.756. The van der Waals surface area contributed by atoms with E-state index in [1.807, 2.05) is 13.1 Å². The molecule has 14 heavy (non-hydrogen) atoms. The monoisotopic (exact) mass is 252 g/mol. The van der Waals surface area contributed by atoms with E-state index in [4.69, 9.17) is 23.2 Å². The van der Waals surface area contributed by atoms with Crippen LogP contribution in [0.15, 0.2) is 6.07 Å². The summed E-state index contributed by atoms with van der Waals surface area (Å²) in [6.07, 6.45) is 0. The SMILES string of the molecule is CNCCN(C)Cc1cc(Cl)sc1Cl. The van der Waals surface area contributed by atoms with Crippen molar-refractivity contribution in [3.8, 4) is 0 Å². The summed E-state index contributed by atoms with van der Waals surface area (Å²) >= 11 is 13.3. The molecule has 1 rings (SSSR count). The lowest BCUT2D eigenvalue weighted by Crippen LogP contribution is -2.26. The van der Waals surface area contributed by atoms with Crippen LogP contribution in [0, 0.1) is 0 Å². The highest BCUT2D eigenvalue weighted by Crippen LogP contribution is 2.31. The molecule has 0 spiro atoms. The third-order valence-corrected chi connectivity index (χ3v) is 3.48. The number of likely N-dealkylation sites (N-methyl/N-ethyl adjacent to an activating group) is 2. The summed E-state index contributed by atoms with van der Waals surface area (Å²) in [7, 11) is 4.02. The number of thiophene rings is 1. The molecule has 0 aliphatic rings. The number of nitrogens with one attached hydrogen (secondary N) is 1. The van der Waals surface area contributed by atoms with Gasteiger partial charge in [-0.2, -0.15) is 0 Å². The fourth-order valence-corrected chi connectivity index (χ4v) is 2.63. The van der Waals surface area contributed by atoms with Gasteiger partial charge in [-0.25, -0.2) is 0 Å². The summed E-state index contributed by atoms with van der Waals surface area (Å²) in [5.41, 5.74) is 1.11. The first-order valence-corrected chi connectivity index (χ1v) is 5.97. The Balaban J connectivity index is 2.47. The van der Waals surface area contributed by atoms with Crippen LogP contribution < -0.4 is 5.32 Å². The smallest absolute Gasteiger partial charge is 0.0989 e. The second kappa shape index (κ2) is 5.93. The van der Waals surface area contributed by atoms with Gasteiger partial charge in [0.2, 0.25) is 0 Å². The average molecular weight is 253 g/mol. The summed E-state index contributed by atoms with van der Waals surface area (Å²) in [6, 6.07) is 1.93. The highest BCUT2D eigenvalue weighted by atomic mass is 35.5. The van der Waals surface area contributed by atoms with Crippen molar-refractivity contribution in [2.75, 3.05) is 27.2 Å². The Kier molecular flexibility index (Phi) is 5.20. The lowest BCUT2D eigenvalue weighted by atomic mass is 10.3. The third-order valence-electron chi connectivity index (χ3n) is 1.91. The van der Waals surface area contributed by atoms with Crippen LogP contribution in [0.25, 0.3) is 0 Å². The Morgan fingerprint density at radius 3 is 2.71 bits per heavy atom. The molecular weight excluding hydrogens is 239 g/mol. The summed E-state index contributed by atoms with van der Waals surface area (Å²) in [5.74, 6) is 0. The van der Waals surface area contributed by atoms with E-state index in [-0.39, 0.29) is 0 Å². The molecule has 0 saturated carbocycles. The van der Waals surface area contributed by atoms with Gasteiger partial charge < -0.3 is 10.2 Å². The van der Waals surface area contributed by atoms with Crippen LogP contribution in [0.4, 0.5) is 0 Å². The van der Waals surface area contributed by atoms with Crippen LogP contribution in [0.3, 0.4) is 0 Å². The van der Waals surface area contributed by atoms with Crippen LogP contribution in [0.5, 0.6) is 0 Å². The zero-order valence-electron chi connectivity index (χ0n) is 8.31. The molecule has 0 saturated heterocycles. The first-order chi connectivity index (χ1) is 6.63. The molecule has 1 N–H and O–H groups in total. The zero-order valence-corrected chi connectivity index (χ0v) is 10.6. The van der Waals surface area contributed by atoms with E-state index in [1.165, 1.54) is 11.3 Å². The highest BCUT2D eigenvalue weighted by Gasteiger charge is 2.07. The van der Waals surface area contributed by atoms with Crippen LogP contribution in [0.1, 0.15) is 5.56 Å². The van der Waals surface area contributed by atoms with E-state index < -0.39 is 0 Å². The lowest BCUT2D eigenvalue weighted by Gasteiger charge is -2.15. The number of hydrogen-bond donors (Lipinski definition) is 1. The summed E-state index contributed by atoms with van der Waals surface area (Å²) in [6.45, 7) is 2.83. The first kappa shape index (κ1) is 12.3. The zero-order chi connectivity index (χ0) is 10.6. The normalized spacial score (nSPS) is 11.2. The van der Waals surface area contributed by atoms with E-state index in [9.17, 15) is 0 Å². The average Bonchev–Trinajstić information content (AvgIpc) is 2.42. The molecule has 0 aliphatic heterocycles. The minimum Gasteiger partial charge on any atom is -0.318 e. The van der Waals surface area contributed by atoms with Crippen molar-refractivity contribution in [2.45, 2.75) is 6.54 Å². The van der Waals surface area contributed by atoms with Crippen LogP contribution in [-0.4, -0.2) is 32.1 Å². The molecule has 1 heterocycles. The van der Waals surface area contributed by atoms with Gasteiger partial charge in [-0.15, -0.1) is 11.3 Å². The van der Waals surface area contributed by atoms with E-state index >= 15 is 0 Å². The second-order valence-electron chi connectivity index (χ2n) is 3.19. The van der Waals surface area contributed by atoms with E-state index in [0.717, 1.165) is 33.9 Å². The maximum Gasteiger partial charge on any atom is 0.0989 e. The van der Waals surface area contributed by atoms with Gasteiger partial charge in [-0.1, -0.05) is 23.2 Å². The molecule has 0 fully saturated rings. The predicted molar refractivity (Wildman–Crippen MR) is 64.6 cm³/mol. The van der Waals surface area contributed by atoms with E-state index in [2.05, 4.69) is 17.3 Å². The van der Waals surface area contributed by atoms with Gasteiger partial charge in [0.25, 0.3) is 0 Å². The van der Waals surface area contributed by atoms with E-state index in [1.54, 1.807) is 0 Å². The predicted octanol–water partition coefficient (Wildman–Crippen LogP) is 2.71. The van der Waals surface area contributed by atoms with Crippen molar-refractivity contribution in [1.29, 1.82) is 0 Å². The summed E-state index contributed by atoms with van der Waals surface area (Å²) < 4.78 is 1.55. The van der Waals surface area contributed by atoms with Crippen LogP contribution >= 0.6 is 34.5 Å². The molecule has 5 heteroatoms. The van der Waals surface area contributed by atoms with Gasteiger partial charge in [0, 0.05) is 19.6 Å². The second-order valence-corrected chi connectivity index (χ2v) is 5.48. The standard InChI is InChI=1S/C9H14Cl2N2S/c1-12-3-4-13(2)6-7-5-8(10)14-9(7)11/h5,12H,3-4,6H2,1-2H3. The van der Waals surface area contributed by atoms with Crippen LogP contribution in [-0.2, 0) is 6.54 Å².